The lowest BCUT2D eigenvalue weighted by molar-refractivity contribution is 0.0696. The Hall–Kier alpha value is -2.67. The third-order valence-corrected chi connectivity index (χ3v) is 4.06. The Morgan fingerprint density at radius 3 is 2.71 bits per heavy atom. The predicted molar refractivity (Wildman–Crippen MR) is 93.7 cm³/mol. The number of carbonyl (C=O) groups excluding carboxylic acids is 1. The molecule has 0 saturated heterocycles. The zero-order valence-corrected chi connectivity index (χ0v) is 14.6. The number of amides is 1. The number of aryl methyl sites for hydroxylation is 2. The third-order valence-electron chi connectivity index (χ3n) is 3.63. The number of aromatic nitrogens is 2. The molecule has 0 aliphatic rings. The second kappa shape index (κ2) is 6.09. The first-order chi connectivity index (χ1) is 11.4. The highest BCUT2D eigenvalue weighted by Crippen LogP contribution is 2.21. The SMILES string of the molecule is Cc1nc2c(C)cc(Br)cn2c1C(=O)Nc1cccc(C(=O)O)c1. The van der Waals surface area contributed by atoms with E-state index in [1.54, 1.807) is 29.7 Å². The minimum Gasteiger partial charge on any atom is -0.478 e. The van der Waals surface area contributed by atoms with E-state index in [1.165, 1.54) is 12.1 Å². The molecule has 0 bridgehead atoms. The number of fused-ring (bicyclic) bond motifs is 1. The van der Waals surface area contributed by atoms with E-state index in [-0.39, 0.29) is 11.5 Å². The second-order valence-electron chi connectivity index (χ2n) is 5.42. The Balaban J connectivity index is 2.02. The van der Waals surface area contributed by atoms with Crippen molar-refractivity contribution < 1.29 is 14.7 Å². The molecule has 0 spiro atoms. The van der Waals surface area contributed by atoms with Crippen LogP contribution in [0.25, 0.3) is 5.65 Å². The quantitative estimate of drug-likeness (QED) is 0.717. The van der Waals surface area contributed by atoms with Crippen molar-refractivity contribution in [2.45, 2.75) is 13.8 Å². The van der Waals surface area contributed by atoms with E-state index in [2.05, 4.69) is 26.2 Å². The number of imidazole rings is 1. The number of carboxylic acids is 1. The van der Waals surface area contributed by atoms with Gasteiger partial charge in [0.15, 0.2) is 0 Å². The maximum atomic E-state index is 12.7. The smallest absolute Gasteiger partial charge is 0.335 e. The predicted octanol–water partition coefficient (Wildman–Crippen LogP) is 3.66. The topological polar surface area (TPSA) is 83.7 Å². The summed E-state index contributed by atoms with van der Waals surface area (Å²) in [6.45, 7) is 3.69. The van der Waals surface area contributed by atoms with Crippen LogP contribution in [0.1, 0.15) is 32.1 Å². The largest absolute Gasteiger partial charge is 0.478 e. The van der Waals surface area contributed by atoms with Crippen molar-refractivity contribution in [2.75, 3.05) is 5.32 Å². The summed E-state index contributed by atoms with van der Waals surface area (Å²) in [5, 5.41) is 11.8. The number of nitrogens with one attached hydrogen (secondary N) is 1. The van der Waals surface area contributed by atoms with Gasteiger partial charge in [0.1, 0.15) is 11.3 Å². The molecular weight excluding hydrogens is 374 g/mol. The van der Waals surface area contributed by atoms with Gasteiger partial charge in [-0.1, -0.05) is 6.07 Å². The van der Waals surface area contributed by atoms with Gasteiger partial charge in [0, 0.05) is 16.4 Å². The molecule has 2 heterocycles. The summed E-state index contributed by atoms with van der Waals surface area (Å²) in [4.78, 5) is 28.2. The number of aromatic carboxylic acids is 1. The number of benzene rings is 1. The van der Waals surface area contributed by atoms with Crippen LogP contribution >= 0.6 is 15.9 Å². The lowest BCUT2D eigenvalue weighted by Gasteiger charge is -2.08. The van der Waals surface area contributed by atoms with E-state index in [0.717, 1.165) is 10.0 Å². The highest BCUT2D eigenvalue weighted by molar-refractivity contribution is 9.10. The first-order valence-corrected chi connectivity index (χ1v) is 7.95. The van der Waals surface area contributed by atoms with Crippen molar-refractivity contribution >= 4 is 39.1 Å². The number of pyridine rings is 1. The fraction of sp³-hybridized carbons (Fsp3) is 0.118. The van der Waals surface area contributed by atoms with Gasteiger partial charge in [-0.15, -0.1) is 0 Å². The summed E-state index contributed by atoms with van der Waals surface area (Å²) in [6, 6.07) is 8.04. The van der Waals surface area contributed by atoms with Gasteiger partial charge in [-0.25, -0.2) is 9.78 Å². The molecule has 122 valence electrons. The van der Waals surface area contributed by atoms with E-state index >= 15 is 0 Å². The molecule has 2 aromatic heterocycles. The zero-order valence-electron chi connectivity index (χ0n) is 13.0. The summed E-state index contributed by atoms with van der Waals surface area (Å²) in [5.74, 6) is -1.39. The molecule has 3 rings (SSSR count). The number of nitrogens with zero attached hydrogens (tertiary/aromatic N) is 2. The molecule has 7 heteroatoms. The number of carbonyl (C=O) groups is 2. The van der Waals surface area contributed by atoms with E-state index in [9.17, 15) is 9.59 Å². The Kier molecular flexibility index (Phi) is 4.11. The number of carboxylic acid groups (broad SMARTS) is 1. The number of anilines is 1. The van der Waals surface area contributed by atoms with E-state index in [1.807, 2.05) is 13.0 Å². The van der Waals surface area contributed by atoms with E-state index in [0.29, 0.717) is 22.7 Å². The van der Waals surface area contributed by atoms with Crippen LogP contribution < -0.4 is 5.32 Å². The van der Waals surface area contributed by atoms with Crippen LogP contribution in [0.4, 0.5) is 5.69 Å². The standard InChI is InChI=1S/C17H14BrN3O3/c1-9-6-12(18)8-21-14(10(2)19-15(9)21)16(22)20-13-5-3-4-11(7-13)17(23)24/h3-8H,1-2H3,(H,20,22)(H,23,24). The van der Waals surface area contributed by atoms with Crippen LogP contribution in [0.5, 0.6) is 0 Å². The monoisotopic (exact) mass is 387 g/mol. The van der Waals surface area contributed by atoms with Crippen LogP contribution in [0.3, 0.4) is 0 Å². The molecular formula is C17H14BrN3O3. The van der Waals surface area contributed by atoms with Crippen molar-refractivity contribution in [3.8, 4) is 0 Å². The molecule has 0 fully saturated rings. The highest BCUT2D eigenvalue weighted by Gasteiger charge is 2.18. The zero-order chi connectivity index (χ0) is 17.4. The summed E-state index contributed by atoms with van der Waals surface area (Å²) in [7, 11) is 0. The normalized spacial score (nSPS) is 10.8. The molecule has 0 aliphatic heterocycles. The Bertz CT molecular complexity index is 979. The van der Waals surface area contributed by atoms with Gasteiger partial charge in [-0.05, 0) is 59.6 Å². The minimum atomic E-state index is -1.04. The minimum absolute atomic E-state index is 0.112. The van der Waals surface area contributed by atoms with Crippen LogP contribution in [0.2, 0.25) is 0 Å². The molecule has 6 nitrogen and oxygen atoms in total. The molecule has 0 radical (unpaired) electrons. The second-order valence-corrected chi connectivity index (χ2v) is 6.34. The first-order valence-electron chi connectivity index (χ1n) is 7.16. The molecule has 3 aromatic rings. The summed E-state index contributed by atoms with van der Waals surface area (Å²) >= 11 is 3.42. The first kappa shape index (κ1) is 16.2. The highest BCUT2D eigenvalue weighted by atomic mass is 79.9. The molecule has 1 amide bonds. The van der Waals surface area contributed by atoms with Gasteiger partial charge < -0.3 is 10.4 Å². The van der Waals surface area contributed by atoms with Gasteiger partial charge in [0.25, 0.3) is 5.91 Å². The van der Waals surface area contributed by atoms with Crippen molar-refractivity contribution in [1.29, 1.82) is 0 Å². The molecule has 0 aliphatic carbocycles. The summed E-state index contributed by atoms with van der Waals surface area (Å²) in [6.07, 6.45) is 1.78. The average molecular weight is 388 g/mol. The summed E-state index contributed by atoms with van der Waals surface area (Å²) < 4.78 is 2.57. The summed E-state index contributed by atoms with van der Waals surface area (Å²) in [5.41, 5.74) is 3.19. The van der Waals surface area contributed by atoms with Gasteiger partial charge in [-0.2, -0.15) is 0 Å². The molecule has 0 saturated carbocycles. The van der Waals surface area contributed by atoms with E-state index in [4.69, 9.17) is 5.11 Å². The maximum absolute atomic E-state index is 12.7. The Labute approximate surface area is 146 Å². The number of hydrogen-bond donors (Lipinski definition) is 2. The van der Waals surface area contributed by atoms with Gasteiger partial charge >= 0.3 is 5.97 Å². The molecule has 1 aromatic carbocycles. The third kappa shape index (κ3) is 2.90. The average Bonchev–Trinajstić information content (AvgIpc) is 2.84. The van der Waals surface area contributed by atoms with E-state index < -0.39 is 5.97 Å². The van der Waals surface area contributed by atoms with Gasteiger partial charge in [0.2, 0.25) is 0 Å². The van der Waals surface area contributed by atoms with Gasteiger partial charge in [-0.3, -0.25) is 9.20 Å². The molecule has 0 unspecified atom stereocenters. The molecule has 24 heavy (non-hydrogen) atoms. The van der Waals surface area contributed by atoms with Gasteiger partial charge in [0.05, 0.1) is 11.3 Å². The fourth-order valence-electron chi connectivity index (χ4n) is 2.58. The lowest BCUT2D eigenvalue weighted by Crippen LogP contribution is -2.16. The van der Waals surface area contributed by atoms with Crippen LogP contribution in [-0.2, 0) is 0 Å². The van der Waals surface area contributed by atoms with Crippen LogP contribution in [0, 0.1) is 13.8 Å². The van der Waals surface area contributed by atoms with Crippen molar-refractivity contribution in [3.63, 3.8) is 0 Å². The molecule has 2 N–H and O–H groups in total. The number of rotatable bonds is 3. The Morgan fingerprint density at radius 1 is 1.25 bits per heavy atom. The number of halogens is 1. The van der Waals surface area contributed by atoms with Crippen molar-refractivity contribution in [3.05, 3.63) is 63.5 Å². The Morgan fingerprint density at radius 2 is 2.00 bits per heavy atom. The molecule has 0 atom stereocenters. The van der Waals surface area contributed by atoms with Crippen LogP contribution in [-0.4, -0.2) is 26.4 Å². The fourth-order valence-corrected chi connectivity index (χ4v) is 3.12. The number of hydrogen-bond acceptors (Lipinski definition) is 3. The van der Waals surface area contributed by atoms with Crippen molar-refractivity contribution in [2.24, 2.45) is 0 Å². The maximum Gasteiger partial charge on any atom is 0.335 e. The van der Waals surface area contributed by atoms with Crippen LogP contribution in [0.15, 0.2) is 41.0 Å². The lowest BCUT2D eigenvalue weighted by atomic mass is 10.2. The van der Waals surface area contributed by atoms with Crippen molar-refractivity contribution in [1.82, 2.24) is 9.38 Å².